The molecule has 35 heavy (non-hydrogen) atoms. The number of ether oxygens (including phenoxy) is 6. The SMILES string of the molecule is CCOC(=O)O[C@@H]1[C@H]2OC(C)(C)O[C@H]2O[C@@H]1CN1CCC(C)(NC(=O)OCc2ccccc2)CC1. The van der Waals surface area contributed by atoms with E-state index in [4.69, 9.17) is 28.4 Å². The fourth-order valence-corrected chi connectivity index (χ4v) is 4.71. The van der Waals surface area contributed by atoms with Crippen LogP contribution in [0.5, 0.6) is 0 Å². The van der Waals surface area contributed by atoms with Crippen molar-refractivity contribution in [2.75, 3.05) is 26.2 Å². The summed E-state index contributed by atoms with van der Waals surface area (Å²) < 4.78 is 33.8. The summed E-state index contributed by atoms with van der Waals surface area (Å²) in [5.41, 5.74) is 0.578. The quantitative estimate of drug-likeness (QED) is 0.575. The van der Waals surface area contributed by atoms with Crippen LogP contribution in [-0.2, 0) is 35.0 Å². The van der Waals surface area contributed by atoms with Crippen molar-refractivity contribution in [2.45, 2.75) is 83.1 Å². The summed E-state index contributed by atoms with van der Waals surface area (Å²) >= 11 is 0. The molecular weight excluding hydrogens is 456 g/mol. The summed E-state index contributed by atoms with van der Waals surface area (Å²) in [4.78, 5) is 26.6. The van der Waals surface area contributed by atoms with Gasteiger partial charge in [-0.05, 0) is 46.1 Å². The molecule has 0 saturated carbocycles. The second kappa shape index (κ2) is 10.7. The number of likely N-dealkylation sites (tertiary alicyclic amines) is 1. The van der Waals surface area contributed by atoms with Gasteiger partial charge in [0.2, 0.25) is 0 Å². The maximum Gasteiger partial charge on any atom is 0.508 e. The van der Waals surface area contributed by atoms with E-state index in [0.29, 0.717) is 6.54 Å². The number of nitrogens with zero attached hydrogens (tertiary/aromatic N) is 1. The van der Waals surface area contributed by atoms with Crippen molar-refractivity contribution >= 4 is 12.2 Å². The number of carbonyl (C=O) groups is 2. The minimum Gasteiger partial charge on any atom is -0.445 e. The Bertz CT molecular complexity index is 871. The largest absolute Gasteiger partial charge is 0.508 e. The molecule has 4 atom stereocenters. The van der Waals surface area contributed by atoms with Gasteiger partial charge in [0, 0.05) is 25.2 Å². The van der Waals surface area contributed by atoms with Crippen molar-refractivity contribution < 1.29 is 38.0 Å². The van der Waals surface area contributed by atoms with E-state index in [9.17, 15) is 9.59 Å². The van der Waals surface area contributed by atoms with Gasteiger partial charge in [-0.3, -0.25) is 0 Å². The van der Waals surface area contributed by atoms with Gasteiger partial charge in [-0.15, -0.1) is 0 Å². The molecule has 1 amide bonds. The molecule has 3 heterocycles. The molecule has 1 aromatic carbocycles. The van der Waals surface area contributed by atoms with Crippen LogP contribution in [0.4, 0.5) is 9.59 Å². The molecule has 4 rings (SSSR count). The van der Waals surface area contributed by atoms with Crippen LogP contribution in [0.25, 0.3) is 0 Å². The minimum absolute atomic E-state index is 0.222. The molecule has 0 aromatic heterocycles. The Kier molecular flexibility index (Phi) is 7.85. The molecule has 3 aliphatic heterocycles. The van der Waals surface area contributed by atoms with Crippen LogP contribution >= 0.6 is 0 Å². The Morgan fingerprint density at radius 1 is 1.09 bits per heavy atom. The predicted molar refractivity (Wildman–Crippen MR) is 124 cm³/mol. The topological polar surface area (TPSA) is 105 Å². The van der Waals surface area contributed by atoms with E-state index in [1.165, 1.54) is 0 Å². The summed E-state index contributed by atoms with van der Waals surface area (Å²) in [6.07, 6.45) is -1.85. The van der Waals surface area contributed by atoms with Gasteiger partial charge in [0.05, 0.1) is 6.61 Å². The van der Waals surface area contributed by atoms with Crippen LogP contribution < -0.4 is 5.32 Å². The minimum atomic E-state index is -0.815. The Balaban J connectivity index is 1.27. The van der Waals surface area contributed by atoms with Gasteiger partial charge >= 0.3 is 12.2 Å². The average molecular weight is 493 g/mol. The highest BCUT2D eigenvalue weighted by Crippen LogP contribution is 2.39. The Morgan fingerprint density at radius 2 is 1.80 bits per heavy atom. The van der Waals surface area contributed by atoms with E-state index in [1.807, 2.05) is 37.3 Å². The van der Waals surface area contributed by atoms with Gasteiger partial charge in [0.15, 0.2) is 24.3 Å². The van der Waals surface area contributed by atoms with Crippen LogP contribution in [0.2, 0.25) is 0 Å². The lowest BCUT2D eigenvalue weighted by Crippen LogP contribution is -2.55. The van der Waals surface area contributed by atoms with Crippen LogP contribution in [-0.4, -0.2) is 79.3 Å². The van der Waals surface area contributed by atoms with Crippen molar-refractivity contribution in [3.05, 3.63) is 35.9 Å². The average Bonchev–Trinajstić information content (AvgIpc) is 3.26. The molecule has 0 radical (unpaired) electrons. The molecule has 10 heteroatoms. The lowest BCUT2D eigenvalue weighted by Gasteiger charge is -2.40. The van der Waals surface area contributed by atoms with Crippen LogP contribution in [0.1, 0.15) is 46.1 Å². The summed E-state index contributed by atoms with van der Waals surface area (Å²) in [6.45, 7) is 9.83. The number of nitrogens with one attached hydrogen (secondary N) is 1. The first-order valence-electron chi connectivity index (χ1n) is 12.2. The van der Waals surface area contributed by atoms with E-state index in [-0.39, 0.29) is 18.8 Å². The zero-order valence-electron chi connectivity index (χ0n) is 20.9. The van der Waals surface area contributed by atoms with E-state index in [2.05, 4.69) is 10.2 Å². The van der Waals surface area contributed by atoms with Gasteiger partial charge in [0.25, 0.3) is 0 Å². The maximum absolute atomic E-state index is 12.4. The van der Waals surface area contributed by atoms with Crippen LogP contribution in [0.3, 0.4) is 0 Å². The number of amides is 1. The molecule has 3 fully saturated rings. The Morgan fingerprint density at radius 3 is 2.49 bits per heavy atom. The van der Waals surface area contributed by atoms with Gasteiger partial charge in [-0.1, -0.05) is 30.3 Å². The van der Waals surface area contributed by atoms with Crippen molar-refractivity contribution in [3.8, 4) is 0 Å². The molecule has 0 spiro atoms. The van der Waals surface area contributed by atoms with Crippen molar-refractivity contribution in [1.82, 2.24) is 10.2 Å². The third-order valence-corrected chi connectivity index (χ3v) is 6.60. The predicted octanol–water partition coefficient (Wildman–Crippen LogP) is 3.19. The number of piperidine rings is 1. The number of hydrogen-bond acceptors (Lipinski definition) is 9. The smallest absolute Gasteiger partial charge is 0.445 e. The highest BCUT2D eigenvalue weighted by molar-refractivity contribution is 5.68. The molecule has 1 N–H and O–H groups in total. The van der Waals surface area contributed by atoms with Gasteiger partial charge in [-0.2, -0.15) is 0 Å². The normalized spacial score (nSPS) is 29.3. The lowest BCUT2D eigenvalue weighted by atomic mass is 9.89. The van der Waals surface area contributed by atoms with Gasteiger partial charge < -0.3 is 38.6 Å². The molecule has 3 aliphatic rings. The molecule has 0 aliphatic carbocycles. The number of alkyl carbamates (subject to hydrolysis) is 1. The number of hydrogen-bond donors (Lipinski definition) is 1. The highest BCUT2D eigenvalue weighted by Gasteiger charge is 2.57. The van der Waals surface area contributed by atoms with E-state index < -0.39 is 42.6 Å². The number of fused-ring (bicyclic) bond motifs is 1. The van der Waals surface area contributed by atoms with Gasteiger partial charge in [0.1, 0.15) is 12.7 Å². The Labute approximate surface area is 206 Å². The highest BCUT2D eigenvalue weighted by atomic mass is 16.9. The molecule has 10 nitrogen and oxygen atoms in total. The first-order chi connectivity index (χ1) is 16.7. The first-order valence-corrected chi connectivity index (χ1v) is 12.2. The van der Waals surface area contributed by atoms with Crippen molar-refractivity contribution in [2.24, 2.45) is 0 Å². The second-order valence-corrected chi connectivity index (χ2v) is 9.96. The molecule has 1 aromatic rings. The fourth-order valence-electron chi connectivity index (χ4n) is 4.71. The third kappa shape index (κ3) is 6.63. The standard InChI is InChI=1S/C25H36N2O8/c1-5-30-23(29)33-19-18(32-21-20(19)34-24(2,3)35-21)15-27-13-11-25(4,12-14-27)26-22(28)31-16-17-9-7-6-8-10-17/h6-10,18-21H,5,11-16H2,1-4H3,(H,26,28)/t18-,19+,20-,21-/m1/s1. The zero-order valence-corrected chi connectivity index (χ0v) is 20.9. The maximum atomic E-state index is 12.4. The second-order valence-electron chi connectivity index (χ2n) is 9.96. The molecule has 3 saturated heterocycles. The summed E-state index contributed by atoms with van der Waals surface area (Å²) in [6, 6.07) is 9.59. The number of benzene rings is 1. The van der Waals surface area contributed by atoms with Crippen LogP contribution in [0.15, 0.2) is 30.3 Å². The number of rotatable bonds is 7. The molecule has 0 unspecified atom stereocenters. The van der Waals surface area contributed by atoms with E-state index >= 15 is 0 Å². The summed E-state index contributed by atoms with van der Waals surface area (Å²) in [5.74, 6) is -0.815. The monoisotopic (exact) mass is 492 g/mol. The zero-order chi connectivity index (χ0) is 25.1. The Hall–Kier alpha value is -2.40. The summed E-state index contributed by atoms with van der Waals surface area (Å²) in [5, 5.41) is 3.03. The lowest BCUT2D eigenvalue weighted by molar-refractivity contribution is -0.217. The fraction of sp³-hybridized carbons (Fsp3) is 0.680. The van der Waals surface area contributed by atoms with Gasteiger partial charge in [-0.25, -0.2) is 9.59 Å². The van der Waals surface area contributed by atoms with E-state index in [1.54, 1.807) is 20.8 Å². The van der Waals surface area contributed by atoms with Crippen LogP contribution in [0, 0.1) is 0 Å². The number of carbonyl (C=O) groups excluding carboxylic acids is 2. The first kappa shape index (κ1) is 25.7. The van der Waals surface area contributed by atoms with Crippen molar-refractivity contribution in [1.29, 1.82) is 0 Å². The molecule has 0 bridgehead atoms. The molecular formula is C25H36N2O8. The van der Waals surface area contributed by atoms with E-state index in [0.717, 1.165) is 31.5 Å². The third-order valence-electron chi connectivity index (χ3n) is 6.60. The molecule has 194 valence electrons. The van der Waals surface area contributed by atoms with Crippen molar-refractivity contribution in [3.63, 3.8) is 0 Å². The summed E-state index contributed by atoms with van der Waals surface area (Å²) in [7, 11) is 0.